The van der Waals surface area contributed by atoms with E-state index in [1.54, 1.807) is 0 Å². The topological polar surface area (TPSA) is 67.3 Å². The number of imidazole rings is 1. The van der Waals surface area contributed by atoms with Crippen molar-refractivity contribution in [2.75, 3.05) is 19.7 Å². The van der Waals surface area contributed by atoms with Crippen LogP contribution >= 0.6 is 0 Å². The summed E-state index contributed by atoms with van der Waals surface area (Å²) in [5, 5.41) is 0. The van der Waals surface area contributed by atoms with E-state index in [0.717, 1.165) is 29.6 Å². The normalized spacial score (nSPS) is 15.2. The third-order valence-corrected chi connectivity index (χ3v) is 5.41. The summed E-state index contributed by atoms with van der Waals surface area (Å²) in [4.78, 5) is 30.2. The summed E-state index contributed by atoms with van der Waals surface area (Å²) >= 11 is 0. The van der Waals surface area contributed by atoms with Crippen LogP contribution in [0.1, 0.15) is 43.1 Å². The van der Waals surface area contributed by atoms with Gasteiger partial charge in [-0.2, -0.15) is 0 Å². The average molecular weight is 393 g/mol. The van der Waals surface area contributed by atoms with E-state index >= 15 is 0 Å². The number of nitrogens with one attached hydrogen (secondary N) is 1. The minimum atomic E-state index is -0.0778. The minimum Gasteiger partial charge on any atom is -0.493 e. The van der Waals surface area contributed by atoms with Crippen molar-refractivity contribution in [1.29, 1.82) is 0 Å². The van der Waals surface area contributed by atoms with E-state index in [4.69, 9.17) is 4.74 Å². The van der Waals surface area contributed by atoms with E-state index in [9.17, 15) is 9.59 Å². The summed E-state index contributed by atoms with van der Waals surface area (Å²) in [6.45, 7) is 6.08. The van der Waals surface area contributed by atoms with Crippen molar-refractivity contribution in [1.82, 2.24) is 14.5 Å². The smallest absolute Gasteiger partial charge is 0.326 e. The van der Waals surface area contributed by atoms with E-state index in [0.29, 0.717) is 31.2 Å². The zero-order valence-corrected chi connectivity index (χ0v) is 16.9. The number of hydrogen-bond donors (Lipinski definition) is 1. The molecule has 0 bridgehead atoms. The lowest BCUT2D eigenvalue weighted by molar-refractivity contribution is 0.0694. The van der Waals surface area contributed by atoms with Crippen LogP contribution in [0.4, 0.5) is 0 Å². The number of carbonyl (C=O) groups is 1. The van der Waals surface area contributed by atoms with Crippen LogP contribution < -0.4 is 10.4 Å². The maximum atomic E-state index is 13.0. The molecule has 2 aromatic carbocycles. The second-order valence-corrected chi connectivity index (χ2v) is 8.07. The largest absolute Gasteiger partial charge is 0.493 e. The number of benzene rings is 2. The van der Waals surface area contributed by atoms with Gasteiger partial charge in [-0.25, -0.2) is 4.79 Å². The van der Waals surface area contributed by atoms with E-state index in [1.165, 1.54) is 0 Å². The molecule has 1 aromatic heterocycles. The molecule has 6 heteroatoms. The van der Waals surface area contributed by atoms with Gasteiger partial charge in [0.2, 0.25) is 0 Å². The number of aromatic nitrogens is 2. The Labute approximate surface area is 170 Å². The highest BCUT2D eigenvalue weighted by atomic mass is 16.5. The monoisotopic (exact) mass is 393 g/mol. The Hall–Kier alpha value is -3.02. The Balaban J connectivity index is 1.44. The molecule has 0 atom stereocenters. The lowest BCUT2D eigenvalue weighted by Crippen LogP contribution is -2.40. The van der Waals surface area contributed by atoms with Gasteiger partial charge in [-0.05, 0) is 49.1 Å². The Bertz CT molecular complexity index is 1060. The fraction of sp³-hybridized carbons (Fsp3) is 0.391. The van der Waals surface area contributed by atoms with Crippen LogP contribution in [-0.2, 0) is 0 Å². The van der Waals surface area contributed by atoms with Crippen molar-refractivity contribution in [3.05, 3.63) is 64.6 Å². The van der Waals surface area contributed by atoms with Gasteiger partial charge in [0, 0.05) is 24.7 Å². The number of piperidine rings is 1. The number of ether oxygens (including phenoxy) is 1. The lowest BCUT2D eigenvalue weighted by atomic mass is 10.0. The van der Waals surface area contributed by atoms with E-state index in [1.807, 2.05) is 58.0 Å². The highest BCUT2D eigenvalue weighted by Crippen LogP contribution is 2.26. The van der Waals surface area contributed by atoms with Crippen LogP contribution in [0.25, 0.3) is 11.0 Å². The Kier molecular flexibility index (Phi) is 5.43. The highest BCUT2D eigenvalue weighted by Gasteiger charge is 2.26. The van der Waals surface area contributed by atoms with Gasteiger partial charge < -0.3 is 14.6 Å². The fourth-order valence-electron chi connectivity index (χ4n) is 3.93. The van der Waals surface area contributed by atoms with Crippen LogP contribution in [0.3, 0.4) is 0 Å². The SMILES string of the molecule is CC(C)COc1cccc(C(=O)N2CCC(n3c(=O)[nH]c4ccccc43)CC2)c1. The standard InChI is InChI=1S/C23H27N3O3/c1-16(2)15-29-19-7-5-6-17(14-19)22(27)25-12-10-18(11-13-25)26-21-9-4-3-8-20(21)24-23(26)28/h3-9,14,16,18H,10-13,15H2,1-2H3,(H,24,28). The van der Waals surface area contributed by atoms with Crippen LogP contribution in [0.5, 0.6) is 5.75 Å². The van der Waals surface area contributed by atoms with Gasteiger partial charge >= 0.3 is 5.69 Å². The van der Waals surface area contributed by atoms with Crippen LogP contribution in [0, 0.1) is 5.92 Å². The second kappa shape index (κ2) is 8.15. The number of rotatable bonds is 5. The number of hydrogen-bond acceptors (Lipinski definition) is 3. The fourth-order valence-corrected chi connectivity index (χ4v) is 3.93. The van der Waals surface area contributed by atoms with Gasteiger partial charge in [0.1, 0.15) is 5.75 Å². The van der Waals surface area contributed by atoms with Crippen LogP contribution in [0.15, 0.2) is 53.3 Å². The number of carbonyl (C=O) groups excluding carboxylic acids is 1. The third-order valence-electron chi connectivity index (χ3n) is 5.41. The lowest BCUT2D eigenvalue weighted by Gasteiger charge is -2.32. The molecule has 0 aliphatic carbocycles. The van der Waals surface area contributed by atoms with Gasteiger partial charge in [0.15, 0.2) is 0 Å². The maximum absolute atomic E-state index is 13.0. The molecule has 0 saturated carbocycles. The quantitative estimate of drug-likeness (QED) is 0.716. The first-order valence-electron chi connectivity index (χ1n) is 10.2. The summed E-state index contributed by atoms with van der Waals surface area (Å²) in [7, 11) is 0. The van der Waals surface area contributed by atoms with E-state index < -0.39 is 0 Å². The molecule has 1 amide bonds. The summed E-state index contributed by atoms with van der Waals surface area (Å²) in [5.74, 6) is 1.18. The molecule has 0 spiro atoms. The molecule has 4 rings (SSSR count). The maximum Gasteiger partial charge on any atom is 0.326 e. The van der Waals surface area contributed by atoms with Crippen molar-refractivity contribution in [2.45, 2.75) is 32.7 Å². The first kappa shape index (κ1) is 19.3. The van der Waals surface area contributed by atoms with Gasteiger partial charge in [-0.1, -0.05) is 32.0 Å². The van der Waals surface area contributed by atoms with Crippen molar-refractivity contribution < 1.29 is 9.53 Å². The molecule has 1 aliphatic rings. The molecule has 29 heavy (non-hydrogen) atoms. The number of H-pyrrole nitrogens is 1. The van der Waals surface area contributed by atoms with E-state index in [2.05, 4.69) is 18.8 Å². The number of para-hydroxylation sites is 2. The van der Waals surface area contributed by atoms with E-state index in [-0.39, 0.29) is 17.6 Å². The first-order valence-corrected chi connectivity index (χ1v) is 10.2. The summed E-state index contributed by atoms with van der Waals surface area (Å²) in [6, 6.07) is 15.2. The number of aromatic amines is 1. The number of nitrogens with zero attached hydrogens (tertiary/aromatic N) is 2. The molecule has 2 heterocycles. The number of likely N-dealkylation sites (tertiary alicyclic amines) is 1. The molecule has 1 fully saturated rings. The second-order valence-electron chi connectivity index (χ2n) is 8.07. The number of fused-ring (bicyclic) bond motifs is 1. The predicted molar refractivity (Wildman–Crippen MR) is 114 cm³/mol. The van der Waals surface area contributed by atoms with Crippen LogP contribution in [0.2, 0.25) is 0 Å². The molecule has 3 aromatic rings. The Morgan fingerprint density at radius 1 is 1.14 bits per heavy atom. The van der Waals surface area contributed by atoms with Gasteiger partial charge in [-0.3, -0.25) is 9.36 Å². The molecule has 0 radical (unpaired) electrons. The van der Waals surface area contributed by atoms with Crippen LogP contribution in [-0.4, -0.2) is 40.1 Å². The summed E-state index contributed by atoms with van der Waals surface area (Å²) in [5.41, 5.74) is 2.35. The molecule has 1 aliphatic heterocycles. The third kappa shape index (κ3) is 4.06. The molecule has 1 saturated heterocycles. The molecule has 1 N–H and O–H groups in total. The molecule has 6 nitrogen and oxygen atoms in total. The highest BCUT2D eigenvalue weighted by molar-refractivity contribution is 5.94. The average Bonchev–Trinajstić information content (AvgIpc) is 3.07. The van der Waals surface area contributed by atoms with Gasteiger partial charge in [-0.15, -0.1) is 0 Å². The molecule has 0 unspecified atom stereocenters. The first-order chi connectivity index (χ1) is 14.0. The van der Waals surface area contributed by atoms with Crippen molar-refractivity contribution in [2.24, 2.45) is 5.92 Å². The summed E-state index contributed by atoms with van der Waals surface area (Å²) < 4.78 is 7.60. The predicted octanol–water partition coefficient (Wildman–Crippen LogP) is 3.84. The Morgan fingerprint density at radius 3 is 2.66 bits per heavy atom. The Morgan fingerprint density at radius 2 is 1.90 bits per heavy atom. The van der Waals surface area contributed by atoms with Gasteiger partial charge in [0.25, 0.3) is 5.91 Å². The zero-order chi connectivity index (χ0) is 20.4. The minimum absolute atomic E-state index is 0.0183. The van der Waals surface area contributed by atoms with Crippen molar-refractivity contribution in [3.8, 4) is 5.75 Å². The molecule has 152 valence electrons. The molecular weight excluding hydrogens is 366 g/mol. The summed E-state index contributed by atoms with van der Waals surface area (Å²) in [6.07, 6.45) is 1.52. The van der Waals surface area contributed by atoms with Crippen molar-refractivity contribution >= 4 is 16.9 Å². The molecular formula is C23H27N3O3. The van der Waals surface area contributed by atoms with Crippen molar-refractivity contribution in [3.63, 3.8) is 0 Å². The zero-order valence-electron chi connectivity index (χ0n) is 16.9. The number of amides is 1. The van der Waals surface area contributed by atoms with Gasteiger partial charge in [0.05, 0.1) is 17.6 Å².